The molecule has 1 aromatic heterocycles. The average molecular weight is 348 g/mol. The first-order chi connectivity index (χ1) is 11.8. The van der Waals surface area contributed by atoms with Crippen LogP contribution in [0.3, 0.4) is 0 Å². The Morgan fingerprint density at radius 1 is 1.36 bits per heavy atom. The molecule has 140 valence electrons. The monoisotopic (exact) mass is 347 g/mol. The number of carbonyl (C=O) groups is 1. The maximum absolute atomic E-state index is 12.4. The summed E-state index contributed by atoms with van der Waals surface area (Å²) in [7, 11) is 0. The highest BCUT2D eigenvalue weighted by Crippen LogP contribution is 2.26. The van der Waals surface area contributed by atoms with Crippen LogP contribution in [0.25, 0.3) is 0 Å². The lowest BCUT2D eigenvalue weighted by atomic mass is 9.84. The summed E-state index contributed by atoms with van der Waals surface area (Å²) in [4.78, 5) is 21.4. The van der Waals surface area contributed by atoms with Crippen molar-refractivity contribution in [2.24, 2.45) is 11.3 Å². The molecule has 1 saturated heterocycles. The second-order valence-electron chi connectivity index (χ2n) is 8.53. The van der Waals surface area contributed by atoms with Crippen LogP contribution >= 0.6 is 0 Å². The molecule has 2 heterocycles. The fourth-order valence-electron chi connectivity index (χ4n) is 3.54. The van der Waals surface area contributed by atoms with Gasteiger partial charge in [-0.2, -0.15) is 0 Å². The van der Waals surface area contributed by atoms with Crippen molar-refractivity contribution in [1.29, 1.82) is 0 Å². The zero-order chi connectivity index (χ0) is 18.4. The zero-order valence-corrected chi connectivity index (χ0v) is 16.4. The van der Waals surface area contributed by atoms with E-state index >= 15 is 0 Å². The van der Waals surface area contributed by atoms with Gasteiger partial charge in [-0.05, 0) is 43.9 Å². The molecule has 1 amide bonds. The molecule has 1 N–H and O–H groups in total. The fourth-order valence-corrected chi connectivity index (χ4v) is 3.54. The van der Waals surface area contributed by atoms with E-state index in [1.807, 2.05) is 6.92 Å². The second-order valence-corrected chi connectivity index (χ2v) is 8.53. The molecule has 25 heavy (non-hydrogen) atoms. The van der Waals surface area contributed by atoms with Crippen molar-refractivity contribution in [3.8, 4) is 0 Å². The predicted octanol–water partition coefficient (Wildman–Crippen LogP) is 3.87. The van der Waals surface area contributed by atoms with Crippen molar-refractivity contribution in [3.63, 3.8) is 0 Å². The van der Waals surface area contributed by atoms with Gasteiger partial charge in [0.2, 0.25) is 0 Å². The lowest BCUT2D eigenvalue weighted by Crippen LogP contribution is -2.28. The smallest absolute Gasteiger partial charge is 0.254 e. The van der Waals surface area contributed by atoms with Gasteiger partial charge in [-0.3, -0.25) is 4.79 Å². The van der Waals surface area contributed by atoms with Gasteiger partial charge in [0.25, 0.3) is 5.91 Å². The molecule has 5 nitrogen and oxygen atoms in total. The topological polar surface area (TPSA) is 64.1 Å². The SMILES string of the molecule is Cc1nc(C2CCOCC2)ncc1C(=O)NCCC(C)CC(C)(C)C. The number of carbonyl (C=O) groups excluding carboxylic acids is 1. The van der Waals surface area contributed by atoms with Gasteiger partial charge in [0.05, 0.1) is 11.3 Å². The van der Waals surface area contributed by atoms with Crippen LogP contribution in [0, 0.1) is 18.3 Å². The van der Waals surface area contributed by atoms with Gasteiger partial charge in [0, 0.05) is 31.9 Å². The van der Waals surface area contributed by atoms with E-state index in [1.165, 1.54) is 0 Å². The van der Waals surface area contributed by atoms with E-state index in [2.05, 4.69) is 43.0 Å². The van der Waals surface area contributed by atoms with Crippen molar-refractivity contribution in [2.45, 2.75) is 66.2 Å². The molecular formula is C20H33N3O2. The molecule has 2 rings (SSSR count). The van der Waals surface area contributed by atoms with Crippen LogP contribution < -0.4 is 5.32 Å². The number of ether oxygens (including phenoxy) is 1. The third kappa shape index (κ3) is 6.38. The summed E-state index contributed by atoms with van der Waals surface area (Å²) in [6.45, 7) is 13.1. The molecular weight excluding hydrogens is 314 g/mol. The third-order valence-electron chi connectivity index (χ3n) is 4.71. The fraction of sp³-hybridized carbons (Fsp3) is 0.750. The molecule has 0 spiro atoms. The molecule has 1 aliphatic heterocycles. The quantitative estimate of drug-likeness (QED) is 0.848. The average Bonchev–Trinajstić information content (AvgIpc) is 2.53. The van der Waals surface area contributed by atoms with Gasteiger partial charge < -0.3 is 10.1 Å². The van der Waals surface area contributed by atoms with E-state index < -0.39 is 0 Å². The van der Waals surface area contributed by atoms with E-state index in [-0.39, 0.29) is 5.91 Å². The van der Waals surface area contributed by atoms with E-state index in [0.29, 0.717) is 29.4 Å². The Kier molecular flexibility index (Phi) is 6.94. The summed E-state index contributed by atoms with van der Waals surface area (Å²) >= 11 is 0. The van der Waals surface area contributed by atoms with E-state index in [1.54, 1.807) is 6.20 Å². The number of hydrogen-bond donors (Lipinski definition) is 1. The van der Waals surface area contributed by atoms with Crippen LogP contribution in [0.15, 0.2) is 6.20 Å². The Balaban J connectivity index is 1.87. The van der Waals surface area contributed by atoms with E-state index in [4.69, 9.17) is 4.74 Å². The number of nitrogens with one attached hydrogen (secondary N) is 1. The Hall–Kier alpha value is -1.49. The molecule has 0 aliphatic carbocycles. The third-order valence-corrected chi connectivity index (χ3v) is 4.71. The molecule has 0 aromatic carbocycles. The first-order valence-corrected chi connectivity index (χ1v) is 9.46. The molecule has 0 bridgehead atoms. The van der Waals surface area contributed by atoms with Gasteiger partial charge in [0.15, 0.2) is 0 Å². The van der Waals surface area contributed by atoms with Gasteiger partial charge in [-0.15, -0.1) is 0 Å². The normalized spacial score (nSPS) is 17.3. The second kappa shape index (κ2) is 8.75. The van der Waals surface area contributed by atoms with Crippen LogP contribution in [-0.4, -0.2) is 35.6 Å². The maximum atomic E-state index is 12.4. The number of rotatable bonds is 6. The summed E-state index contributed by atoms with van der Waals surface area (Å²) in [5.41, 5.74) is 1.67. The molecule has 1 aliphatic rings. The van der Waals surface area contributed by atoms with Gasteiger partial charge in [-0.25, -0.2) is 9.97 Å². The van der Waals surface area contributed by atoms with Crippen molar-refractivity contribution in [1.82, 2.24) is 15.3 Å². The molecule has 1 fully saturated rings. The van der Waals surface area contributed by atoms with E-state index in [9.17, 15) is 4.79 Å². The van der Waals surface area contributed by atoms with Crippen LogP contribution in [-0.2, 0) is 4.74 Å². The van der Waals surface area contributed by atoms with Crippen molar-refractivity contribution in [3.05, 3.63) is 23.3 Å². The highest BCUT2D eigenvalue weighted by atomic mass is 16.5. The molecule has 0 radical (unpaired) electrons. The highest BCUT2D eigenvalue weighted by Gasteiger charge is 2.21. The van der Waals surface area contributed by atoms with Gasteiger partial charge in [0.1, 0.15) is 5.82 Å². The predicted molar refractivity (Wildman–Crippen MR) is 99.7 cm³/mol. The standard InChI is InChI=1S/C20H33N3O2/c1-14(12-20(3,4)5)6-9-21-19(24)17-13-22-18(23-15(17)2)16-7-10-25-11-8-16/h13-14,16H,6-12H2,1-5H3,(H,21,24). The van der Waals surface area contributed by atoms with Crippen molar-refractivity contribution >= 4 is 5.91 Å². The number of hydrogen-bond acceptors (Lipinski definition) is 4. The number of aryl methyl sites for hydroxylation is 1. The van der Waals surface area contributed by atoms with Crippen molar-refractivity contribution in [2.75, 3.05) is 19.8 Å². The first kappa shape index (κ1) is 19.8. The summed E-state index contributed by atoms with van der Waals surface area (Å²) in [6.07, 6.45) is 5.74. The molecule has 1 aromatic rings. The van der Waals surface area contributed by atoms with E-state index in [0.717, 1.165) is 50.4 Å². The Labute approximate surface area is 152 Å². The van der Waals surface area contributed by atoms with Crippen LogP contribution in [0.2, 0.25) is 0 Å². The Morgan fingerprint density at radius 3 is 2.64 bits per heavy atom. The lowest BCUT2D eigenvalue weighted by Gasteiger charge is -2.23. The summed E-state index contributed by atoms with van der Waals surface area (Å²) in [6, 6.07) is 0. The van der Waals surface area contributed by atoms with Gasteiger partial charge >= 0.3 is 0 Å². The summed E-state index contributed by atoms with van der Waals surface area (Å²) in [5, 5.41) is 3.02. The molecule has 1 unspecified atom stereocenters. The minimum Gasteiger partial charge on any atom is -0.381 e. The van der Waals surface area contributed by atoms with Gasteiger partial charge in [-0.1, -0.05) is 27.7 Å². The largest absolute Gasteiger partial charge is 0.381 e. The summed E-state index contributed by atoms with van der Waals surface area (Å²) < 4.78 is 5.39. The number of nitrogens with zero attached hydrogens (tertiary/aromatic N) is 2. The Bertz CT molecular complexity index is 575. The minimum absolute atomic E-state index is 0.0704. The van der Waals surface area contributed by atoms with Crippen molar-refractivity contribution < 1.29 is 9.53 Å². The van der Waals surface area contributed by atoms with Crippen LogP contribution in [0.4, 0.5) is 0 Å². The molecule has 0 saturated carbocycles. The Morgan fingerprint density at radius 2 is 2.04 bits per heavy atom. The maximum Gasteiger partial charge on any atom is 0.254 e. The first-order valence-electron chi connectivity index (χ1n) is 9.46. The molecule has 1 atom stereocenters. The highest BCUT2D eigenvalue weighted by molar-refractivity contribution is 5.94. The lowest BCUT2D eigenvalue weighted by molar-refractivity contribution is 0.0834. The number of aromatic nitrogens is 2. The minimum atomic E-state index is -0.0704. The molecule has 5 heteroatoms. The van der Waals surface area contributed by atoms with Crippen LogP contribution in [0.1, 0.15) is 81.2 Å². The zero-order valence-electron chi connectivity index (χ0n) is 16.4. The number of amides is 1. The summed E-state index contributed by atoms with van der Waals surface area (Å²) in [5.74, 6) is 1.71. The van der Waals surface area contributed by atoms with Crippen LogP contribution in [0.5, 0.6) is 0 Å².